The molecule has 0 unspecified atom stereocenters. The molecule has 0 fully saturated rings. The van der Waals surface area contributed by atoms with Gasteiger partial charge in [0.25, 0.3) is 0 Å². The topological polar surface area (TPSA) is 50.7 Å². The number of nitrogens with two attached hydrogens (primary N) is 1. The highest BCUT2D eigenvalue weighted by molar-refractivity contribution is 5.87. The number of hydrogen-bond donors (Lipinski definition) is 1. The summed E-state index contributed by atoms with van der Waals surface area (Å²) < 4.78 is 0. The Bertz CT molecular complexity index is 504. The number of nitrogens with zero attached hydrogens (tertiary/aromatic N) is 2. The Morgan fingerprint density at radius 1 is 1.00 bits per heavy atom. The molecule has 0 radical (unpaired) electrons. The molecule has 2 N–H and O–H groups in total. The Labute approximate surface area is 142 Å². The minimum absolute atomic E-state index is 0.741. The SMILES string of the molecule is CCCCCCC/C=N/c1ccc(N)cc1/N=C(\C)CCCC. The Morgan fingerprint density at radius 3 is 2.48 bits per heavy atom. The van der Waals surface area contributed by atoms with E-state index < -0.39 is 0 Å². The van der Waals surface area contributed by atoms with Crippen LogP contribution in [-0.4, -0.2) is 11.9 Å². The zero-order valence-corrected chi connectivity index (χ0v) is 15.1. The highest BCUT2D eigenvalue weighted by Crippen LogP contribution is 2.30. The van der Waals surface area contributed by atoms with Crippen molar-refractivity contribution in [3.63, 3.8) is 0 Å². The summed E-state index contributed by atoms with van der Waals surface area (Å²) in [6.45, 7) is 6.53. The zero-order chi connectivity index (χ0) is 16.9. The summed E-state index contributed by atoms with van der Waals surface area (Å²) in [5.41, 5.74) is 9.60. The Morgan fingerprint density at radius 2 is 1.74 bits per heavy atom. The van der Waals surface area contributed by atoms with Crippen LogP contribution in [0, 0.1) is 0 Å². The summed E-state index contributed by atoms with van der Waals surface area (Å²) in [4.78, 5) is 9.33. The Hall–Kier alpha value is -1.64. The van der Waals surface area contributed by atoms with Crippen LogP contribution in [0.1, 0.15) is 78.6 Å². The van der Waals surface area contributed by atoms with Gasteiger partial charge in [-0.1, -0.05) is 46.0 Å². The van der Waals surface area contributed by atoms with Gasteiger partial charge in [0.15, 0.2) is 0 Å². The second-order valence-electron chi connectivity index (χ2n) is 6.21. The van der Waals surface area contributed by atoms with E-state index in [1.54, 1.807) is 0 Å². The third kappa shape index (κ3) is 8.53. The molecule has 0 atom stereocenters. The van der Waals surface area contributed by atoms with E-state index in [1.165, 1.54) is 44.9 Å². The van der Waals surface area contributed by atoms with Crippen molar-refractivity contribution in [2.75, 3.05) is 5.73 Å². The summed E-state index contributed by atoms with van der Waals surface area (Å²) in [5.74, 6) is 0. The van der Waals surface area contributed by atoms with E-state index in [0.717, 1.165) is 35.6 Å². The van der Waals surface area contributed by atoms with Gasteiger partial charge in [0, 0.05) is 17.6 Å². The highest BCUT2D eigenvalue weighted by Gasteiger charge is 2.01. The lowest BCUT2D eigenvalue weighted by Crippen LogP contribution is -1.91. The summed E-state index contributed by atoms with van der Waals surface area (Å²) in [7, 11) is 0. The lowest BCUT2D eigenvalue weighted by molar-refractivity contribution is 0.645. The van der Waals surface area contributed by atoms with Crippen LogP contribution in [0.15, 0.2) is 28.2 Å². The number of aliphatic imine (C=N–C) groups is 2. The van der Waals surface area contributed by atoms with Crippen LogP contribution in [0.4, 0.5) is 17.1 Å². The third-order valence-electron chi connectivity index (χ3n) is 3.87. The van der Waals surface area contributed by atoms with Crippen molar-refractivity contribution >= 4 is 29.0 Å². The molecule has 0 saturated heterocycles. The summed E-state index contributed by atoms with van der Waals surface area (Å²) >= 11 is 0. The van der Waals surface area contributed by atoms with E-state index in [2.05, 4.69) is 25.8 Å². The fourth-order valence-electron chi connectivity index (χ4n) is 2.44. The summed E-state index contributed by atoms with van der Waals surface area (Å²) in [5, 5.41) is 0. The van der Waals surface area contributed by atoms with Gasteiger partial charge in [0.2, 0.25) is 0 Å². The average molecular weight is 316 g/mol. The van der Waals surface area contributed by atoms with Gasteiger partial charge >= 0.3 is 0 Å². The van der Waals surface area contributed by atoms with Gasteiger partial charge in [-0.25, -0.2) is 0 Å². The van der Waals surface area contributed by atoms with Gasteiger partial charge in [0.05, 0.1) is 11.4 Å². The first-order valence-electron chi connectivity index (χ1n) is 9.13. The Kier molecular flexibility index (Phi) is 10.0. The van der Waals surface area contributed by atoms with Crippen LogP contribution >= 0.6 is 0 Å². The molecule has 0 amide bonds. The number of unbranched alkanes of at least 4 members (excludes halogenated alkanes) is 6. The highest BCUT2D eigenvalue weighted by atomic mass is 14.8. The largest absolute Gasteiger partial charge is 0.399 e. The van der Waals surface area contributed by atoms with Crippen molar-refractivity contribution < 1.29 is 0 Å². The first kappa shape index (κ1) is 19.4. The van der Waals surface area contributed by atoms with Crippen molar-refractivity contribution in [1.82, 2.24) is 0 Å². The predicted octanol–water partition coefficient (Wildman–Crippen LogP) is 6.61. The zero-order valence-electron chi connectivity index (χ0n) is 15.1. The van der Waals surface area contributed by atoms with Crippen molar-refractivity contribution in [1.29, 1.82) is 0 Å². The molecule has 0 aromatic heterocycles. The van der Waals surface area contributed by atoms with Crippen LogP contribution < -0.4 is 5.73 Å². The van der Waals surface area contributed by atoms with Crippen molar-refractivity contribution in [3.05, 3.63) is 18.2 Å². The maximum atomic E-state index is 5.91. The fraction of sp³-hybridized carbons (Fsp3) is 0.600. The normalized spacial score (nSPS) is 12.2. The molecule has 0 heterocycles. The lowest BCUT2D eigenvalue weighted by Gasteiger charge is -2.05. The molecule has 0 aliphatic rings. The van der Waals surface area contributed by atoms with Crippen molar-refractivity contribution in [2.45, 2.75) is 78.6 Å². The maximum Gasteiger partial charge on any atom is 0.0905 e. The number of anilines is 1. The number of benzene rings is 1. The molecule has 3 heteroatoms. The molecule has 0 saturated carbocycles. The molecule has 1 aromatic carbocycles. The quantitative estimate of drug-likeness (QED) is 0.278. The van der Waals surface area contributed by atoms with Gasteiger partial charge < -0.3 is 5.73 Å². The fourth-order valence-corrected chi connectivity index (χ4v) is 2.44. The Balaban J connectivity index is 2.63. The van der Waals surface area contributed by atoms with Crippen LogP contribution in [0.25, 0.3) is 0 Å². The van der Waals surface area contributed by atoms with Gasteiger partial charge in [-0.3, -0.25) is 9.98 Å². The minimum atomic E-state index is 0.741. The molecule has 0 bridgehead atoms. The van der Waals surface area contributed by atoms with E-state index in [9.17, 15) is 0 Å². The van der Waals surface area contributed by atoms with Crippen LogP contribution in [-0.2, 0) is 0 Å². The van der Waals surface area contributed by atoms with E-state index in [0.29, 0.717) is 0 Å². The molecule has 0 aliphatic heterocycles. The molecular formula is C20H33N3. The molecule has 0 aliphatic carbocycles. The first-order chi connectivity index (χ1) is 11.2. The standard InChI is InChI=1S/C20H33N3/c1-4-6-8-9-10-11-15-22-19-14-13-18(21)16-20(19)23-17(3)12-7-5-2/h13-16H,4-12,21H2,1-3H3/b22-15+,23-17+. The molecule has 1 rings (SSSR count). The smallest absolute Gasteiger partial charge is 0.0905 e. The van der Waals surface area contributed by atoms with Gasteiger partial charge in [-0.05, 0) is 50.8 Å². The maximum absolute atomic E-state index is 5.91. The number of nitrogen functional groups attached to an aromatic ring is 1. The third-order valence-corrected chi connectivity index (χ3v) is 3.87. The summed E-state index contributed by atoms with van der Waals surface area (Å²) in [6, 6.07) is 5.78. The van der Waals surface area contributed by atoms with E-state index in [-0.39, 0.29) is 0 Å². The second kappa shape index (κ2) is 11.9. The van der Waals surface area contributed by atoms with Gasteiger partial charge in [0.1, 0.15) is 0 Å². The summed E-state index contributed by atoms with van der Waals surface area (Å²) in [6.07, 6.45) is 12.9. The lowest BCUT2D eigenvalue weighted by atomic mass is 10.1. The van der Waals surface area contributed by atoms with Crippen LogP contribution in [0.5, 0.6) is 0 Å². The minimum Gasteiger partial charge on any atom is -0.399 e. The predicted molar refractivity (Wildman–Crippen MR) is 105 cm³/mol. The van der Waals surface area contributed by atoms with E-state index in [1.807, 2.05) is 24.4 Å². The monoisotopic (exact) mass is 315 g/mol. The van der Waals surface area contributed by atoms with Crippen LogP contribution in [0.3, 0.4) is 0 Å². The molecule has 1 aromatic rings. The molecule has 0 spiro atoms. The first-order valence-corrected chi connectivity index (χ1v) is 9.13. The van der Waals surface area contributed by atoms with Crippen molar-refractivity contribution in [2.24, 2.45) is 9.98 Å². The average Bonchev–Trinajstić information content (AvgIpc) is 2.54. The van der Waals surface area contributed by atoms with Crippen LogP contribution in [0.2, 0.25) is 0 Å². The van der Waals surface area contributed by atoms with E-state index in [4.69, 9.17) is 10.7 Å². The molecule has 128 valence electrons. The number of rotatable bonds is 11. The molecule has 3 nitrogen and oxygen atoms in total. The van der Waals surface area contributed by atoms with E-state index >= 15 is 0 Å². The second-order valence-corrected chi connectivity index (χ2v) is 6.21. The van der Waals surface area contributed by atoms with Gasteiger partial charge in [-0.15, -0.1) is 0 Å². The molecular weight excluding hydrogens is 282 g/mol. The number of hydrogen-bond acceptors (Lipinski definition) is 3. The molecule has 23 heavy (non-hydrogen) atoms. The van der Waals surface area contributed by atoms with Gasteiger partial charge in [-0.2, -0.15) is 0 Å². The van der Waals surface area contributed by atoms with Crippen molar-refractivity contribution in [3.8, 4) is 0 Å².